The predicted octanol–water partition coefficient (Wildman–Crippen LogP) is 3.74. The van der Waals surface area contributed by atoms with Gasteiger partial charge >= 0.3 is 6.03 Å². The number of nitrogens with one attached hydrogen (secondary N) is 2. The zero-order chi connectivity index (χ0) is 18.4. The summed E-state index contributed by atoms with van der Waals surface area (Å²) in [6, 6.07) is 15.7. The highest BCUT2D eigenvalue weighted by Crippen LogP contribution is 2.20. The maximum atomic E-state index is 12.2. The number of anilines is 2. The number of rotatable bonds is 6. The van der Waals surface area contributed by atoms with Crippen molar-refractivity contribution >= 4 is 23.3 Å². The standard InChI is InChI=1S/C21H25N3O2/c1-2-16-4-6-17(7-5-16)8-13-20(25)23-18-9-11-19(12-10-18)24-15-3-14-22-21(24)26/h4-7,9-12H,2-3,8,13-15H2,1H3,(H,22,26)(H,23,25). The molecule has 0 saturated carbocycles. The Hall–Kier alpha value is -2.82. The fourth-order valence-corrected chi connectivity index (χ4v) is 3.02. The molecule has 0 unspecified atom stereocenters. The first-order valence-corrected chi connectivity index (χ1v) is 9.19. The normalized spacial score (nSPS) is 14.0. The third-order valence-corrected chi connectivity index (χ3v) is 4.61. The highest BCUT2D eigenvalue weighted by atomic mass is 16.2. The lowest BCUT2D eigenvalue weighted by molar-refractivity contribution is -0.116. The predicted molar refractivity (Wildman–Crippen MR) is 105 cm³/mol. The fraction of sp³-hybridized carbons (Fsp3) is 0.333. The number of aryl methyl sites for hydroxylation is 2. The van der Waals surface area contributed by atoms with Crippen LogP contribution in [0, 0.1) is 0 Å². The lowest BCUT2D eigenvalue weighted by Gasteiger charge is -2.27. The molecule has 0 aromatic heterocycles. The van der Waals surface area contributed by atoms with Crippen LogP contribution < -0.4 is 15.5 Å². The Morgan fingerprint density at radius 1 is 1.08 bits per heavy atom. The van der Waals surface area contributed by atoms with Crippen LogP contribution in [0.1, 0.15) is 30.9 Å². The van der Waals surface area contributed by atoms with E-state index in [4.69, 9.17) is 0 Å². The van der Waals surface area contributed by atoms with Crippen LogP contribution in [-0.4, -0.2) is 25.0 Å². The summed E-state index contributed by atoms with van der Waals surface area (Å²) < 4.78 is 0. The molecule has 3 rings (SSSR count). The Balaban J connectivity index is 1.51. The van der Waals surface area contributed by atoms with E-state index in [9.17, 15) is 9.59 Å². The molecule has 1 saturated heterocycles. The van der Waals surface area contributed by atoms with Crippen LogP contribution in [0.4, 0.5) is 16.2 Å². The van der Waals surface area contributed by atoms with Crippen molar-refractivity contribution in [3.8, 4) is 0 Å². The summed E-state index contributed by atoms with van der Waals surface area (Å²) in [6.07, 6.45) is 3.13. The first kappa shape index (κ1) is 18.0. The topological polar surface area (TPSA) is 61.4 Å². The van der Waals surface area contributed by atoms with Gasteiger partial charge in [0, 0.05) is 30.9 Å². The molecule has 0 radical (unpaired) electrons. The zero-order valence-corrected chi connectivity index (χ0v) is 15.1. The van der Waals surface area contributed by atoms with Crippen LogP contribution >= 0.6 is 0 Å². The molecule has 0 bridgehead atoms. The molecule has 5 heteroatoms. The Labute approximate surface area is 154 Å². The van der Waals surface area contributed by atoms with E-state index in [1.165, 1.54) is 11.1 Å². The van der Waals surface area contributed by atoms with Gasteiger partial charge in [0.25, 0.3) is 0 Å². The number of urea groups is 1. The molecule has 1 aliphatic rings. The average molecular weight is 351 g/mol. The van der Waals surface area contributed by atoms with Crippen molar-refractivity contribution in [2.24, 2.45) is 0 Å². The van der Waals surface area contributed by atoms with Gasteiger partial charge in [0.15, 0.2) is 0 Å². The second kappa shape index (κ2) is 8.52. The van der Waals surface area contributed by atoms with E-state index in [1.807, 2.05) is 24.3 Å². The fourth-order valence-electron chi connectivity index (χ4n) is 3.02. The van der Waals surface area contributed by atoms with Gasteiger partial charge in [0.2, 0.25) is 5.91 Å². The number of carbonyl (C=O) groups excluding carboxylic acids is 2. The minimum Gasteiger partial charge on any atom is -0.338 e. The molecule has 0 atom stereocenters. The summed E-state index contributed by atoms with van der Waals surface area (Å²) in [5, 5.41) is 5.75. The lowest BCUT2D eigenvalue weighted by Crippen LogP contribution is -2.46. The van der Waals surface area contributed by atoms with Crippen molar-refractivity contribution in [1.29, 1.82) is 0 Å². The largest absolute Gasteiger partial charge is 0.338 e. The van der Waals surface area contributed by atoms with Gasteiger partial charge in [-0.25, -0.2) is 4.79 Å². The van der Waals surface area contributed by atoms with Crippen LogP contribution in [0.25, 0.3) is 0 Å². The van der Waals surface area contributed by atoms with Crippen LogP contribution in [-0.2, 0) is 17.6 Å². The van der Waals surface area contributed by atoms with E-state index in [0.717, 1.165) is 37.2 Å². The average Bonchev–Trinajstić information content (AvgIpc) is 2.68. The molecule has 26 heavy (non-hydrogen) atoms. The minimum absolute atomic E-state index is 0.00645. The maximum absolute atomic E-state index is 12.2. The van der Waals surface area contributed by atoms with E-state index in [0.29, 0.717) is 13.0 Å². The van der Waals surface area contributed by atoms with Crippen molar-refractivity contribution in [1.82, 2.24) is 5.32 Å². The number of carbonyl (C=O) groups is 2. The second-order valence-corrected chi connectivity index (χ2v) is 6.50. The molecule has 0 aliphatic carbocycles. The monoisotopic (exact) mass is 351 g/mol. The minimum atomic E-state index is -0.0675. The molecule has 5 nitrogen and oxygen atoms in total. The second-order valence-electron chi connectivity index (χ2n) is 6.50. The Bertz CT molecular complexity index is 754. The SMILES string of the molecule is CCc1ccc(CCC(=O)Nc2ccc(N3CCCNC3=O)cc2)cc1. The molecule has 136 valence electrons. The molecule has 1 fully saturated rings. The summed E-state index contributed by atoms with van der Waals surface area (Å²) in [4.78, 5) is 25.7. The Morgan fingerprint density at radius 3 is 2.42 bits per heavy atom. The quantitative estimate of drug-likeness (QED) is 0.833. The molecular formula is C21H25N3O2. The lowest BCUT2D eigenvalue weighted by atomic mass is 10.1. The van der Waals surface area contributed by atoms with Gasteiger partial charge in [0.1, 0.15) is 0 Å². The number of nitrogens with zero attached hydrogens (tertiary/aromatic N) is 1. The zero-order valence-electron chi connectivity index (χ0n) is 15.1. The molecule has 0 spiro atoms. The van der Waals surface area contributed by atoms with Crippen molar-refractivity contribution in [2.45, 2.75) is 32.6 Å². The molecule has 2 aromatic rings. The number of hydrogen-bond donors (Lipinski definition) is 2. The first-order chi connectivity index (χ1) is 12.7. The van der Waals surface area contributed by atoms with E-state index in [2.05, 4.69) is 41.8 Å². The first-order valence-electron chi connectivity index (χ1n) is 9.19. The van der Waals surface area contributed by atoms with Gasteiger partial charge in [-0.05, 0) is 54.7 Å². The molecule has 3 amide bonds. The summed E-state index contributed by atoms with van der Waals surface area (Å²) in [6.45, 7) is 3.57. The third-order valence-electron chi connectivity index (χ3n) is 4.61. The Morgan fingerprint density at radius 2 is 1.77 bits per heavy atom. The summed E-state index contributed by atoms with van der Waals surface area (Å²) >= 11 is 0. The number of benzene rings is 2. The number of amides is 3. The molecule has 2 N–H and O–H groups in total. The van der Waals surface area contributed by atoms with Crippen LogP contribution in [0.5, 0.6) is 0 Å². The van der Waals surface area contributed by atoms with Gasteiger partial charge in [-0.1, -0.05) is 31.2 Å². The highest BCUT2D eigenvalue weighted by Gasteiger charge is 2.18. The Kier molecular flexibility index (Phi) is 5.89. The van der Waals surface area contributed by atoms with Crippen LogP contribution in [0.2, 0.25) is 0 Å². The van der Waals surface area contributed by atoms with Crippen LogP contribution in [0.3, 0.4) is 0 Å². The van der Waals surface area contributed by atoms with Crippen molar-refractivity contribution in [3.05, 3.63) is 59.7 Å². The van der Waals surface area contributed by atoms with Gasteiger partial charge in [-0.15, -0.1) is 0 Å². The van der Waals surface area contributed by atoms with E-state index >= 15 is 0 Å². The van der Waals surface area contributed by atoms with E-state index in [1.54, 1.807) is 4.90 Å². The number of hydrogen-bond acceptors (Lipinski definition) is 2. The molecule has 2 aromatic carbocycles. The summed E-state index contributed by atoms with van der Waals surface area (Å²) in [5.74, 6) is -0.00645. The smallest absolute Gasteiger partial charge is 0.321 e. The van der Waals surface area contributed by atoms with Crippen molar-refractivity contribution in [3.63, 3.8) is 0 Å². The molecular weight excluding hydrogens is 326 g/mol. The van der Waals surface area contributed by atoms with E-state index in [-0.39, 0.29) is 11.9 Å². The summed E-state index contributed by atoms with van der Waals surface area (Å²) in [5.41, 5.74) is 4.07. The van der Waals surface area contributed by atoms with Gasteiger partial charge in [-0.2, -0.15) is 0 Å². The third kappa shape index (κ3) is 4.63. The highest BCUT2D eigenvalue weighted by molar-refractivity contribution is 5.94. The van der Waals surface area contributed by atoms with Gasteiger partial charge in [0.05, 0.1) is 0 Å². The van der Waals surface area contributed by atoms with Gasteiger partial charge in [-0.3, -0.25) is 9.69 Å². The van der Waals surface area contributed by atoms with Crippen LogP contribution in [0.15, 0.2) is 48.5 Å². The van der Waals surface area contributed by atoms with Crippen molar-refractivity contribution in [2.75, 3.05) is 23.3 Å². The van der Waals surface area contributed by atoms with E-state index < -0.39 is 0 Å². The molecule has 1 aliphatic heterocycles. The maximum Gasteiger partial charge on any atom is 0.321 e. The van der Waals surface area contributed by atoms with Gasteiger partial charge < -0.3 is 10.6 Å². The summed E-state index contributed by atoms with van der Waals surface area (Å²) in [7, 11) is 0. The van der Waals surface area contributed by atoms with Crippen molar-refractivity contribution < 1.29 is 9.59 Å². The molecule has 1 heterocycles.